The summed E-state index contributed by atoms with van der Waals surface area (Å²) in [5.74, 6) is -0.165. The molecule has 1 amide bonds. The van der Waals surface area contributed by atoms with Crippen molar-refractivity contribution in [2.75, 3.05) is 0 Å². The summed E-state index contributed by atoms with van der Waals surface area (Å²) in [6.07, 6.45) is 5.09. The summed E-state index contributed by atoms with van der Waals surface area (Å²) >= 11 is 0. The Hall–Kier alpha value is -4.45. The minimum atomic E-state index is -0.277. The monoisotopic (exact) mass is 418 g/mol. The van der Waals surface area contributed by atoms with Gasteiger partial charge in [0, 0.05) is 35.6 Å². The molecule has 0 aliphatic heterocycles. The third-order valence-corrected chi connectivity index (χ3v) is 5.99. The number of aromatic nitrogens is 3. The van der Waals surface area contributed by atoms with Crippen LogP contribution in [0.15, 0.2) is 85.3 Å². The van der Waals surface area contributed by atoms with Crippen molar-refractivity contribution in [2.45, 2.75) is 6.04 Å². The summed E-state index contributed by atoms with van der Waals surface area (Å²) in [6, 6.07) is 21.0. The Morgan fingerprint density at radius 3 is 2.62 bits per heavy atom. The number of hydrogen-bond acceptors (Lipinski definition) is 4. The number of H-pyrrole nitrogens is 1. The molecule has 1 aliphatic carbocycles. The molecule has 1 atom stereocenters. The van der Waals surface area contributed by atoms with Crippen LogP contribution >= 0.6 is 0 Å². The fourth-order valence-corrected chi connectivity index (χ4v) is 4.56. The van der Waals surface area contributed by atoms with Crippen molar-refractivity contribution in [2.24, 2.45) is 0 Å². The van der Waals surface area contributed by atoms with Gasteiger partial charge in [0.2, 0.25) is 5.88 Å². The Morgan fingerprint density at radius 2 is 1.75 bits per heavy atom. The lowest BCUT2D eigenvalue weighted by molar-refractivity contribution is 0.0945. The summed E-state index contributed by atoms with van der Waals surface area (Å²) in [6.45, 7) is 0. The summed E-state index contributed by atoms with van der Waals surface area (Å²) in [5, 5.41) is 13.6. The number of aromatic amines is 1. The number of fused-ring (bicyclic) bond motifs is 4. The molecule has 1 unspecified atom stereocenters. The van der Waals surface area contributed by atoms with Gasteiger partial charge >= 0.3 is 0 Å². The lowest BCUT2D eigenvalue weighted by Gasteiger charge is -2.17. The highest BCUT2D eigenvalue weighted by atomic mass is 16.3. The van der Waals surface area contributed by atoms with Gasteiger partial charge in [-0.1, -0.05) is 42.5 Å². The van der Waals surface area contributed by atoms with E-state index in [2.05, 4.69) is 38.5 Å². The number of aromatic hydroxyl groups is 1. The molecule has 0 fully saturated rings. The number of hydrogen-bond donors (Lipinski definition) is 3. The van der Waals surface area contributed by atoms with Crippen LogP contribution in [0.1, 0.15) is 27.5 Å². The molecule has 3 aromatic heterocycles. The number of carbonyl (C=O) groups excluding carboxylic acids is 1. The zero-order valence-corrected chi connectivity index (χ0v) is 16.9. The Labute approximate surface area is 183 Å². The predicted octanol–water partition coefficient (Wildman–Crippen LogP) is 4.83. The third kappa shape index (κ3) is 2.77. The van der Waals surface area contributed by atoms with Gasteiger partial charge in [-0.05, 0) is 46.0 Å². The van der Waals surface area contributed by atoms with Crippen LogP contribution in [-0.4, -0.2) is 26.0 Å². The van der Waals surface area contributed by atoms with Crippen LogP contribution in [0.3, 0.4) is 0 Å². The minimum Gasteiger partial charge on any atom is -0.493 e. The van der Waals surface area contributed by atoms with E-state index >= 15 is 0 Å². The van der Waals surface area contributed by atoms with Crippen LogP contribution in [0.25, 0.3) is 33.3 Å². The van der Waals surface area contributed by atoms with E-state index in [1.54, 1.807) is 30.7 Å². The molecule has 32 heavy (non-hydrogen) atoms. The molecule has 0 spiro atoms. The molecular weight excluding hydrogens is 400 g/mol. The lowest BCUT2D eigenvalue weighted by Crippen LogP contribution is -2.28. The van der Waals surface area contributed by atoms with E-state index in [1.807, 2.05) is 36.4 Å². The van der Waals surface area contributed by atoms with Crippen LogP contribution < -0.4 is 5.32 Å². The van der Waals surface area contributed by atoms with Gasteiger partial charge in [-0.25, -0.2) is 9.97 Å². The summed E-state index contributed by atoms with van der Waals surface area (Å²) in [5.41, 5.74) is 7.42. The van der Waals surface area contributed by atoms with Crippen LogP contribution in [0.5, 0.6) is 5.88 Å². The van der Waals surface area contributed by atoms with Gasteiger partial charge in [0.1, 0.15) is 5.65 Å². The first-order valence-corrected chi connectivity index (χ1v) is 10.3. The zero-order valence-electron chi connectivity index (χ0n) is 16.9. The molecule has 6 nitrogen and oxygen atoms in total. The van der Waals surface area contributed by atoms with Crippen molar-refractivity contribution in [3.63, 3.8) is 0 Å². The third-order valence-electron chi connectivity index (χ3n) is 5.99. The van der Waals surface area contributed by atoms with Gasteiger partial charge in [0.15, 0.2) is 0 Å². The van der Waals surface area contributed by atoms with E-state index in [-0.39, 0.29) is 17.8 Å². The topological polar surface area (TPSA) is 90.9 Å². The molecule has 0 bridgehead atoms. The van der Waals surface area contributed by atoms with Crippen molar-refractivity contribution < 1.29 is 9.90 Å². The molecule has 6 heteroatoms. The van der Waals surface area contributed by atoms with E-state index in [0.717, 1.165) is 38.8 Å². The standard InChI is InChI=1S/C26H18N4O2/c31-22-9-8-15(14-29-22)16-6-3-7-21-23(16)17-4-1-2-5-18(17)24(21)30-26(32)20-11-13-28-25-19(20)10-12-27-25/h1-14,24H,(H,27,28)(H,29,31)(H,30,32). The fraction of sp³-hybridized carbons (Fsp3) is 0.0385. The number of pyridine rings is 2. The van der Waals surface area contributed by atoms with Crippen LogP contribution in [0.4, 0.5) is 0 Å². The molecule has 0 saturated carbocycles. The zero-order chi connectivity index (χ0) is 21.7. The average Bonchev–Trinajstić information content (AvgIpc) is 3.43. The number of carbonyl (C=O) groups is 1. The SMILES string of the molecule is O=C(NC1c2ccccc2-c2c(-c3ccc(O)nc3)cccc21)c1ccnc2[nH]ccc12. The molecule has 3 N–H and O–H groups in total. The highest BCUT2D eigenvalue weighted by Gasteiger charge is 2.32. The quantitative estimate of drug-likeness (QED) is 0.391. The van der Waals surface area contributed by atoms with Gasteiger partial charge in [-0.3, -0.25) is 4.79 Å². The van der Waals surface area contributed by atoms with Crippen molar-refractivity contribution in [1.82, 2.24) is 20.3 Å². The highest BCUT2D eigenvalue weighted by molar-refractivity contribution is 6.06. The Balaban J connectivity index is 1.47. The average molecular weight is 418 g/mol. The van der Waals surface area contributed by atoms with Crippen molar-refractivity contribution in [3.8, 4) is 28.1 Å². The van der Waals surface area contributed by atoms with Crippen molar-refractivity contribution >= 4 is 16.9 Å². The van der Waals surface area contributed by atoms with Gasteiger partial charge < -0.3 is 15.4 Å². The second-order valence-corrected chi connectivity index (χ2v) is 7.77. The van der Waals surface area contributed by atoms with Gasteiger partial charge in [0.05, 0.1) is 11.6 Å². The van der Waals surface area contributed by atoms with Crippen molar-refractivity contribution in [3.05, 3.63) is 102 Å². The second kappa shape index (κ2) is 7.06. The Bertz CT molecular complexity index is 1490. The van der Waals surface area contributed by atoms with E-state index in [0.29, 0.717) is 11.2 Å². The molecule has 1 aliphatic rings. The maximum Gasteiger partial charge on any atom is 0.252 e. The van der Waals surface area contributed by atoms with E-state index in [9.17, 15) is 9.90 Å². The second-order valence-electron chi connectivity index (χ2n) is 7.77. The van der Waals surface area contributed by atoms with E-state index in [4.69, 9.17) is 0 Å². The van der Waals surface area contributed by atoms with Gasteiger partial charge in [0.25, 0.3) is 5.91 Å². The molecule has 0 radical (unpaired) electrons. The van der Waals surface area contributed by atoms with Crippen LogP contribution in [0, 0.1) is 0 Å². The molecule has 6 rings (SSSR count). The first-order chi connectivity index (χ1) is 15.7. The number of rotatable bonds is 3. The number of nitrogens with one attached hydrogen (secondary N) is 2. The Kier molecular flexibility index (Phi) is 4.04. The molecule has 154 valence electrons. The number of benzene rings is 2. The molecule has 2 aromatic carbocycles. The first-order valence-electron chi connectivity index (χ1n) is 10.3. The summed E-state index contributed by atoms with van der Waals surface area (Å²) < 4.78 is 0. The van der Waals surface area contributed by atoms with Gasteiger partial charge in [-0.2, -0.15) is 0 Å². The van der Waals surface area contributed by atoms with Crippen LogP contribution in [-0.2, 0) is 0 Å². The summed E-state index contributed by atoms with van der Waals surface area (Å²) in [7, 11) is 0. The maximum atomic E-state index is 13.3. The maximum absolute atomic E-state index is 13.3. The Morgan fingerprint density at radius 1 is 0.906 bits per heavy atom. The fourth-order valence-electron chi connectivity index (χ4n) is 4.56. The van der Waals surface area contributed by atoms with Crippen LogP contribution in [0.2, 0.25) is 0 Å². The molecule has 3 heterocycles. The number of nitrogens with zero attached hydrogens (tertiary/aromatic N) is 2. The normalized spacial score (nSPS) is 14.2. The number of amides is 1. The first kappa shape index (κ1) is 18.3. The summed E-state index contributed by atoms with van der Waals surface area (Å²) in [4.78, 5) is 24.7. The largest absolute Gasteiger partial charge is 0.493 e. The predicted molar refractivity (Wildman–Crippen MR) is 122 cm³/mol. The highest BCUT2D eigenvalue weighted by Crippen LogP contribution is 2.48. The lowest BCUT2D eigenvalue weighted by atomic mass is 9.95. The van der Waals surface area contributed by atoms with E-state index in [1.165, 1.54) is 0 Å². The molecular formula is C26H18N4O2. The molecule has 0 saturated heterocycles. The van der Waals surface area contributed by atoms with Gasteiger partial charge in [-0.15, -0.1) is 0 Å². The van der Waals surface area contributed by atoms with Crippen molar-refractivity contribution in [1.29, 1.82) is 0 Å². The smallest absolute Gasteiger partial charge is 0.252 e. The minimum absolute atomic E-state index is 0.0136. The molecule has 5 aromatic rings. The van der Waals surface area contributed by atoms with E-state index < -0.39 is 0 Å².